The van der Waals surface area contributed by atoms with Gasteiger partial charge in [-0.1, -0.05) is 15.9 Å². The van der Waals surface area contributed by atoms with Gasteiger partial charge < -0.3 is 22.0 Å². The van der Waals surface area contributed by atoms with E-state index in [1.165, 1.54) is 31.2 Å². The molecular weight excluding hydrogens is 480 g/mol. The molecule has 1 aromatic carbocycles. The van der Waals surface area contributed by atoms with Crippen LogP contribution in [0.3, 0.4) is 0 Å². The Balaban J connectivity index is 2.50. The first-order valence-corrected chi connectivity index (χ1v) is 10.8. The van der Waals surface area contributed by atoms with E-state index in [1.807, 2.05) is 0 Å². The van der Waals surface area contributed by atoms with Crippen LogP contribution in [0.4, 0.5) is 5.69 Å². The molecule has 2 atom stereocenters. The van der Waals surface area contributed by atoms with Crippen molar-refractivity contribution in [3.63, 3.8) is 0 Å². The van der Waals surface area contributed by atoms with Crippen LogP contribution in [0.25, 0.3) is 0 Å². The smallest absolute Gasteiger partial charge is 0.275 e. The van der Waals surface area contributed by atoms with Gasteiger partial charge in [-0.25, -0.2) is 8.42 Å². The van der Waals surface area contributed by atoms with Gasteiger partial charge in [0, 0.05) is 10.2 Å². The molecule has 13 heteroatoms. The molecule has 2 unspecified atom stereocenters. The van der Waals surface area contributed by atoms with E-state index in [2.05, 4.69) is 25.8 Å². The van der Waals surface area contributed by atoms with E-state index in [1.54, 1.807) is 19.1 Å². The number of nitrogens with two attached hydrogens (primary N) is 3. The van der Waals surface area contributed by atoms with Crippen molar-refractivity contribution >= 4 is 43.5 Å². The van der Waals surface area contributed by atoms with E-state index in [0.29, 0.717) is 10.2 Å². The Hall–Kier alpha value is -3.06. The minimum absolute atomic E-state index is 0.0480. The first kappa shape index (κ1) is 23.2. The monoisotopic (exact) mass is 500 g/mol. The Kier molecular flexibility index (Phi) is 7.10. The van der Waals surface area contributed by atoms with Gasteiger partial charge >= 0.3 is 0 Å². The number of halogens is 1. The zero-order valence-electron chi connectivity index (χ0n) is 16.1. The van der Waals surface area contributed by atoms with E-state index >= 15 is 0 Å². The van der Waals surface area contributed by atoms with Crippen LogP contribution in [0.5, 0.6) is 0 Å². The number of carbonyl (C=O) groups excluding carboxylic acids is 1. The van der Waals surface area contributed by atoms with Gasteiger partial charge in [-0.3, -0.25) is 18.9 Å². The van der Waals surface area contributed by atoms with Gasteiger partial charge in [0.15, 0.2) is 12.1 Å². The van der Waals surface area contributed by atoms with Gasteiger partial charge in [-0.2, -0.15) is 0 Å². The third kappa shape index (κ3) is 5.30. The molecule has 11 nitrogen and oxygen atoms in total. The highest BCUT2D eigenvalue weighted by atomic mass is 79.9. The molecule has 0 aliphatic rings. The average Bonchev–Trinajstić information content (AvgIpc) is 2.65. The first-order chi connectivity index (χ1) is 13.9. The van der Waals surface area contributed by atoms with Crippen LogP contribution in [-0.2, 0) is 19.7 Å². The van der Waals surface area contributed by atoms with Gasteiger partial charge in [0.1, 0.15) is 5.69 Å². The van der Waals surface area contributed by atoms with Crippen LogP contribution in [-0.4, -0.2) is 31.0 Å². The van der Waals surface area contributed by atoms with E-state index in [-0.39, 0.29) is 16.5 Å². The fourth-order valence-electron chi connectivity index (χ4n) is 2.66. The van der Waals surface area contributed by atoms with Crippen LogP contribution in [0.1, 0.15) is 18.7 Å². The molecule has 1 heterocycles. The molecule has 1 aromatic heterocycles. The number of nitrogens with one attached hydrogen (secondary N) is 1. The fourth-order valence-corrected chi connectivity index (χ4v) is 3.98. The van der Waals surface area contributed by atoms with E-state index < -0.39 is 33.6 Å². The molecule has 2 rings (SSSR count). The lowest BCUT2D eigenvalue weighted by molar-refractivity contribution is -0.125. The van der Waals surface area contributed by atoms with E-state index in [0.717, 1.165) is 4.57 Å². The second-order valence-corrected chi connectivity index (χ2v) is 8.89. The highest BCUT2D eigenvalue weighted by Gasteiger charge is 2.30. The Labute approximate surface area is 181 Å². The lowest BCUT2D eigenvalue weighted by atomic mass is 10.1. The van der Waals surface area contributed by atoms with Crippen LogP contribution in [0.2, 0.25) is 0 Å². The Morgan fingerprint density at radius 1 is 1.17 bits per heavy atom. The highest BCUT2D eigenvalue weighted by molar-refractivity contribution is 9.10. The lowest BCUT2D eigenvalue weighted by Crippen LogP contribution is -2.42. The molecule has 1 amide bonds. The summed E-state index contributed by atoms with van der Waals surface area (Å²) in [6.07, 6.45) is -1.03. The Morgan fingerprint density at radius 3 is 2.30 bits per heavy atom. The fraction of sp³-hybridized carbons (Fsp3) is 0.235. The summed E-state index contributed by atoms with van der Waals surface area (Å²) in [5.74, 6) is -1.28. The molecule has 0 radical (unpaired) electrons. The number of aromatic nitrogens is 1. The molecule has 0 bridgehead atoms. The number of nitrogens with zero attached hydrogens (tertiary/aromatic N) is 2. The quantitative estimate of drug-likeness (QED) is 0.228. The largest absolute Gasteiger partial charge is 0.387 e. The van der Waals surface area contributed by atoms with Crippen LogP contribution in [0, 0.1) is 6.92 Å². The van der Waals surface area contributed by atoms with Gasteiger partial charge in [0.2, 0.25) is 11.9 Å². The zero-order valence-corrected chi connectivity index (χ0v) is 18.5. The molecule has 7 N–H and O–H groups in total. The summed E-state index contributed by atoms with van der Waals surface area (Å²) in [5.41, 5.74) is 15.2. The zero-order chi connectivity index (χ0) is 22.6. The van der Waals surface area contributed by atoms with E-state index in [9.17, 15) is 18.0 Å². The third-order valence-corrected chi connectivity index (χ3v) is 5.94. The number of aryl methyl sites for hydroxylation is 1. The van der Waals surface area contributed by atoms with Crippen molar-refractivity contribution in [1.29, 1.82) is 0 Å². The topological polar surface area (TPSA) is 185 Å². The standard InChI is InChI=1S/C17H21BrN6O5S/c1-9-3-8-13(23-30(27,28)12-6-4-11(18)5-7-12)16(26)24(9)14(15(19)25)10(2)29-22-17(20)21/h3-8,10,14,23H,1-2H3,(H2,19,25)(H4,20,21,22). The van der Waals surface area contributed by atoms with Crippen molar-refractivity contribution in [1.82, 2.24) is 4.57 Å². The maximum atomic E-state index is 13.0. The first-order valence-electron chi connectivity index (χ1n) is 8.48. The summed E-state index contributed by atoms with van der Waals surface area (Å²) < 4.78 is 29.2. The van der Waals surface area contributed by atoms with Crippen molar-refractivity contribution in [2.24, 2.45) is 22.4 Å². The van der Waals surface area contributed by atoms with Crippen molar-refractivity contribution in [3.05, 3.63) is 56.9 Å². The predicted molar refractivity (Wildman–Crippen MR) is 115 cm³/mol. The number of carbonyl (C=O) groups is 1. The molecule has 162 valence electrons. The lowest BCUT2D eigenvalue weighted by Gasteiger charge is -2.24. The van der Waals surface area contributed by atoms with Gasteiger partial charge in [0.05, 0.1) is 4.90 Å². The second-order valence-electron chi connectivity index (χ2n) is 6.30. The van der Waals surface area contributed by atoms with Crippen LogP contribution in [0.15, 0.2) is 55.7 Å². The SMILES string of the molecule is Cc1ccc(NS(=O)(=O)c2ccc(Br)cc2)c(=O)n1C(C(N)=O)C(C)ON=C(N)N. The summed E-state index contributed by atoms with van der Waals surface area (Å²) in [6.45, 7) is 2.99. The van der Waals surface area contributed by atoms with Gasteiger partial charge in [-0.15, -0.1) is 0 Å². The molecule has 0 saturated carbocycles. The molecular formula is C17H21BrN6O5S. The number of rotatable bonds is 8. The highest BCUT2D eigenvalue weighted by Crippen LogP contribution is 2.20. The van der Waals surface area contributed by atoms with Crippen molar-refractivity contribution < 1.29 is 18.0 Å². The molecule has 0 saturated heterocycles. The minimum Gasteiger partial charge on any atom is -0.387 e. The number of benzene rings is 1. The van der Waals surface area contributed by atoms with Crippen molar-refractivity contribution in [3.8, 4) is 0 Å². The maximum Gasteiger partial charge on any atom is 0.275 e. The summed E-state index contributed by atoms with van der Waals surface area (Å²) in [6, 6.07) is 7.29. The molecule has 0 aliphatic heterocycles. The van der Waals surface area contributed by atoms with Gasteiger partial charge in [-0.05, 0) is 55.4 Å². The maximum absolute atomic E-state index is 13.0. The molecule has 0 aliphatic carbocycles. The van der Waals surface area contributed by atoms with Crippen molar-refractivity contribution in [2.75, 3.05) is 4.72 Å². The Morgan fingerprint density at radius 2 is 1.77 bits per heavy atom. The van der Waals surface area contributed by atoms with E-state index in [4.69, 9.17) is 22.0 Å². The number of hydrogen-bond donors (Lipinski definition) is 4. The number of primary amides is 1. The molecule has 0 spiro atoms. The predicted octanol–water partition coefficient (Wildman–Crippen LogP) is 0.340. The number of amides is 1. The average molecular weight is 501 g/mol. The summed E-state index contributed by atoms with van der Waals surface area (Å²) >= 11 is 3.22. The summed E-state index contributed by atoms with van der Waals surface area (Å²) in [7, 11) is -4.06. The Bertz CT molecular complexity index is 1130. The summed E-state index contributed by atoms with van der Waals surface area (Å²) in [4.78, 5) is 30.1. The van der Waals surface area contributed by atoms with Crippen molar-refractivity contribution in [2.45, 2.75) is 30.9 Å². The number of guanidine groups is 1. The number of sulfonamides is 1. The number of pyridine rings is 1. The number of anilines is 1. The van der Waals surface area contributed by atoms with Crippen LogP contribution < -0.4 is 27.5 Å². The third-order valence-electron chi connectivity index (χ3n) is 4.03. The molecule has 2 aromatic rings. The number of hydrogen-bond acceptors (Lipinski definition) is 6. The normalized spacial score (nSPS) is 13.2. The van der Waals surface area contributed by atoms with Gasteiger partial charge in [0.25, 0.3) is 15.6 Å². The minimum atomic E-state index is -4.06. The second kappa shape index (κ2) is 9.17. The van der Waals surface area contributed by atoms with Crippen LogP contribution >= 0.6 is 15.9 Å². The molecule has 30 heavy (non-hydrogen) atoms. The number of oxime groups is 1. The summed E-state index contributed by atoms with van der Waals surface area (Å²) in [5, 5.41) is 3.37. The molecule has 0 fully saturated rings.